The summed E-state index contributed by atoms with van der Waals surface area (Å²) >= 11 is 0. The molecular formula is C12H26O3. The van der Waals surface area contributed by atoms with Gasteiger partial charge in [-0.2, -0.15) is 0 Å². The Bertz CT molecular complexity index is 170. The molecule has 1 atom stereocenters. The molecule has 0 spiro atoms. The molecule has 0 rings (SSSR count). The van der Waals surface area contributed by atoms with Gasteiger partial charge in [0.05, 0.1) is 18.3 Å². The van der Waals surface area contributed by atoms with E-state index in [2.05, 4.69) is 0 Å². The van der Waals surface area contributed by atoms with Gasteiger partial charge in [-0.05, 0) is 25.7 Å². The fourth-order valence-corrected chi connectivity index (χ4v) is 0.865. The third kappa shape index (κ3) is 6.88. The fraction of sp³-hybridized carbons (Fsp3) is 1.00. The van der Waals surface area contributed by atoms with Crippen LogP contribution < -0.4 is 0 Å². The van der Waals surface area contributed by atoms with Gasteiger partial charge in [-0.3, -0.25) is 0 Å². The molecule has 3 heteroatoms. The van der Waals surface area contributed by atoms with Gasteiger partial charge in [-0.1, -0.05) is 20.8 Å². The maximum absolute atomic E-state index is 9.72. The molecule has 0 saturated carbocycles. The van der Waals surface area contributed by atoms with E-state index >= 15 is 0 Å². The van der Waals surface area contributed by atoms with Crippen molar-refractivity contribution in [2.24, 2.45) is 5.41 Å². The van der Waals surface area contributed by atoms with Crippen LogP contribution in [0, 0.1) is 5.41 Å². The lowest BCUT2D eigenvalue weighted by atomic mass is 9.90. The summed E-state index contributed by atoms with van der Waals surface area (Å²) in [5.41, 5.74) is -0.260. The molecule has 0 fully saturated rings. The van der Waals surface area contributed by atoms with Crippen LogP contribution in [-0.2, 0) is 9.47 Å². The van der Waals surface area contributed by atoms with Crippen LogP contribution in [-0.4, -0.2) is 37.1 Å². The molecule has 0 amide bonds. The maximum atomic E-state index is 9.72. The molecule has 15 heavy (non-hydrogen) atoms. The molecule has 0 radical (unpaired) electrons. The highest BCUT2D eigenvalue weighted by Crippen LogP contribution is 2.19. The molecule has 92 valence electrons. The molecule has 0 aliphatic carbocycles. The Morgan fingerprint density at radius 3 is 2.07 bits per heavy atom. The first-order chi connectivity index (χ1) is 6.69. The summed E-state index contributed by atoms with van der Waals surface area (Å²) in [7, 11) is 1.70. The van der Waals surface area contributed by atoms with Crippen LogP contribution in [0.5, 0.6) is 0 Å². The zero-order valence-electron chi connectivity index (χ0n) is 11.0. The SMILES string of the molecule is COC(C)(C)CCOCC(O)C(C)(C)C. The summed E-state index contributed by atoms with van der Waals surface area (Å²) < 4.78 is 10.7. The van der Waals surface area contributed by atoms with Gasteiger partial charge in [0.1, 0.15) is 0 Å². The van der Waals surface area contributed by atoms with Crippen molar-refractivity contribution in [1.82, 2.24) is 0 Å². The number of hydrogen-bond donors (Lipinski definition) is 1. The van der Waals surface area contributed by atoms with Gasteiger partial charge in [0, 0.05) is 13.7 Å². The van der Waals surface area contributed by atoms with E-state index in [4.69, 9.17) is 9.47 Å². The second kappa shape index (κ2) is 5.83. The smallest absolute Gasteiger partial charge is 0.0821 e. The minimum atomic E-state index is -0.414. The second-order valence-corrected chi connectivity index (χ2v) is 5.67. The van der Waals surface area contributed by atoms with Gasteiger partial charge in [0.15, 0.2) is 0 Å². The first-order valence-electron chi connectivity index (χ1n) is 5.50. The Labute approximate surface area is 93.8 Å². The van der Waals surface area contributed by atoms with Gasteiger partial charge in [-0.15, -0.1) is 0 Å². The van der Waals surface area contributed by atoms with Crippen LogP contribution in [0.15, 0.2) is 0 Å². The molecule has 0 aromatic heterocycles. The van der Waals surface area contributed by atoms with Crippen molar-refractivity contribution >= 4 is 0 Å². The minimum Gasteiger partial charge on any atom is -0.390 e. The monoisotopic (exact) mass is 218 g/mol. The van der Waals surface area contributed by atoms with E-state index in [1.807, 2.05) is 34.6 Å². The zero-order chi connectivity index (χ0) is 12.1. The lowest BCUT2D eigenvalue weighted by Crippen LogP contribution is -2.32. The average molecular weight is 218 g/mol. The maximum Gasteiger partial charge on any atom is 0.0821 e. The van der Waals surface area contributed by atoms with Gasteiger partial charge < -0.3 is 14.6 Å². The lowest BCUT2D eigenvalue weighted by molar-refractivity contribution is -0.0460. The fourth-order valence-electron chi connectivity index (χ4n) is 0.865. The zero-order valence-corrected chi connectivity index (χ0v) is 11.0. The molecule has 1 N–H and O–H groups in total. The molecule has 0 saturated heterocycles. The number of aliphatic hydroxyl groups is 1. The van der Waals surface area contributed by atoms with Crippen molar-refractivity contribution in [1.29, 1.82) is 0 Å². The highest BCUT2D eigenvalue weighted by atomic mass is 16.5. The van der Waals surface area contributed by atoms with E-state index in [-0.39, 0.29) is 11.0 Å². The molecule has 0 heterocycles. The Balaban J connectivity index is 3.64. The summed E-state index contributed by atoms with van der Waals surface area (Å²) in [5.74, 6) is 0. The van der Waals surface area contributed by atoms with Crippen LogP contribution in [0.25, 0.3) is 0 Å². The second-order valence-electron chi connectivity index (χ2n) is 5.67. The van der Waals surface area contributed by atoms with E-state index in [0.717, 1.165) is 6.42 Å². The van der Waals surface area contributed by atoms with Crippen molar-refractivity contribution in [3.63, 3.8) is 0 Å². The highest BCUT2D eigenvalue weighted by Gasteiger charge is 2.22. The number of methoxy groups -OCH3 is 1. The largest absolute Gasteiger partial charge is 0.390 e. The van der Waals surface area contributed by atoms with E-state index in [1.165, 1.54) is 0 Å². The first kappa shape index (κ1) is 14.9. The molecule has 0 aromatic rings. The van der Waals surface area contributed by atoms with E-state index in [0.29, 0.717) is 13.2 Å². The Morgan fingerprint density at radius 2 is 1.67 bits per heavy atom. The molecule has 0 aliphatic heterocycles. The van der Waals surface area contributed by atoms with Gasteiger partial charge in [-0.25, -0.2) is 0 Å². The normalized spacial score (nSPS) is 15.4. The Hall–Kier alpha value is -0.120. The van der Waals surface area contributed by atoms with Crippen molar-refractivity contribution in [3.8, 4) is 0 Å². The predicted octanol–water partition coefficient (Wildman–Crippen LogP) is 2.23. The first-order valence-corrected chi connectivity index (χ1v) is 5.50. The van der Waals surface area contributed by atoms with Crippen LogP contribution >= 0.6 is 0 Å². The number of ether oxygens (including phenoxy) is 2. The van der Waals surface area contributed by atoms with Crippen molar-refractivity contribution < 1.29 is 14.6 Å². The van der Waals surface area contributed by atoms with E-state index < -0.39 is 6.10 Å². The summed E-state index contributed by atoms with van der Waals surface area (Å²) in [6.07, 6.45) is 0.420. The lowest BCUT2D eigenvalue weighted by Gasteiger charge is -2.27. The predicted molar refractivity (Wildman–Crippen MR) is 62.0 cm³/mol. The topological polar surface area (TPSA) is 38.7 Å². The quantitative estimate of drug-likeness (QED) is 0.695. The highest BCUT2D eigenvalue weighted by molar-refractivity contribution is 4.72. The van der Waals surface area contributed by atoms with Crippen LogP contribution in [0.2, 0.25) is 0 Å². The number of rotatable bonds is 6. The van der Waals surface area contributed by atoms with E-state index in [1.54, 1.807) is 7.11 Å². The summed E-state index contributed by atoms with van der Waals surface area (Å²) in [6, 6.07) is 0. The molecule has 3 nitrogen and oxygen atoms in total. The van der Waals surface area contributed by atoms with Crippen LogP contribution in [0.1, 0.15) is 41.0 Å². The van der Waals surface area contributed by atoms with Crippen LogP contribution in [0.3, 0.4) is 0 Å². The minimum absolute atomic E-state index is 0.114. The molecule has 0 bridgehead atoms. The summed E-state index contributed by atoms with van der Waals surface area (Å²) in [6.45, 7) is 11.1. The van der Waals surface area contributed by atoms with Gasteiger partial charge in [0.2, 0.25) is 0 Å². The number of aliphatic hydroxyl groups excluding tert-OH is 1. The molecule has 0 aliphatic rings. The number of hydrogen-bond acceptors (Lipinski definition) is 3. The van der Waals surface area contributed by atoms with Gasteiger partial charge >= 0.3 is 0 Å². The van der Waals surface area contributed by atoms with Gasteiger partial charge in [0.25, 0.3) is 0 Å². The summed E-state index contributed by atoms with van der Waals surface area (Å²) in [4.78, 5) is 0. The summed E-state index contributed by atoms with van der Waals surface area (Å²) in [5, 5.41) is 9.72. The van der Waals surface area contributed by atoms with Crippen molar-refractivity contribution in [2.75, 3.05) is 20.3 Å². The molecule has 0 aromatic carbocycles. The van der Waals surface area contributed by atoms with Crippen molar-refractivity contribution in [2.45, 2.75) is 52.7 Å². The van der Waals surface area contributed by atoms with Crippen LogP contribution in [0.4, 0.5) is 0 Å². The molecular weight excluding hydrogens is 192 g/mol. The average Bonchev–Trinajstić information content (AvgIpc) is 2.10. The third-order valence-corrected chi connectivity index (χ3v) is 2.68. The molecule has 1 unspecified atom stereocenters. The standard InChI is InChI=1S/C12H26O3/c1-11(2,3)10(13)9-15-8-7-12(4,5)14-6/h10,13H,7-9H2,1-6H3. The Kier molecular flexibility index (Phi) is 5.78. The van der Waals surface area contributed by atoms with Crippen molar-refractivity contribution in [3.05, 3.63) is 0 Å². The Morgan fingerprint density at radius 1 is 1.13 bits per heavy atom. The van der Waals surface area contributed by atoms with E-state index in [9.17, 15) is 5.11 Å². The third-order valence-electron chi connectivity index (χ3n) is 2.68.